The molecule has 0 N–H and O–H groups in total. The third-order valence-corrected chi connectivity index (χ3v) is 3.02. The Kier molecular flexibility index (Phi) is 5.49. The summed E-state index contributed by atoms with van der Waals surface area (Å²) in [6.45, 7) is 7.43. The molecule has 0 aromatic heterocycles. The minimum atomic E-state index is 0.0696. The molecule has 0 atom stereocenters. The van der Waals surface area contributed by atoms with Crippen LogP contribution in [0.5, 0.6) is 0 Å². The largest absolute Gasteiger partial charge is 0.342 e. The topological polar surface area (TPSA) is 20.3 Å². The Morgan fingerprint density at radius 1 is 1.29 bits per heavy atom. The molecule has 0 spiro atoms. The summed E-state index contributed by atoms with van der Waals surface area (Å²) in [6.07, 6.45) is 0.878. The Bertz CT molecular complexity index is 359. The monoisotopic (exact) mass is 253 g/mol. The number of carbonyl (C=O) groups is 1. The lowest BCUT2D eigenvalue weighted by Gasteiger charge is -2.22. The van der Waals surface area contributed by atoms with Gasteiger partial charge >= 0.3 is 0 Å². The van der Waals surface area contributed by atoms with Crippen LogP contribution in [0.1, 0.15) is 26.3 Å². The Morgan fingerprint density at radius 2 is 1.88 bits per heavy atom. The van der Waals surface area contributed by atoms with Crippen LogP contribution >= 0.6 is 11.6 Å². The molecule has 3 heteroatoms. The maximum Gasteiger partial charge on any atom is 0.225 e. The van der Waals surface area contributed by atoms with E-state index in [-0.39, 0.29) is 11.8 Å². The molecule has 0 bridgehead atoms. The number of hydrogen-bond acceptors (Lipinski definition) is 1. The summed E-state index contributed by atoms with van der Waals surface area (Å²) in [7, 11) is 0. The minimum Gasteiger partial charge on any atom is -0.342 e. The number of rotatable bonds is 5. The molecular formula is C14H20ClNO. The van der Waals surface area contributed by atoms with Crippen LogP contribution in [-0.4, -0.2) is 23.9 Å². The summed E-state index contributed by atoms with van der Waals surface area (Å²) in [4.78, 5) is 13.8. The fourth-order valence-corrected chi connectivity index (χ4v) is 1.83. The zero-order valence-electron chi connectivity index (χ0n) is 10.7. The lowest BCUT2D eigenvalue weighted by molar-refractivity contribution is -0.134. The van der Waals surface area contributed by atoms with Crippen LogP contribution in [0.15, 0.2) is 24.3 Å². The molecule has 0 aliphatic rings. The van der Waals surface area contributed by atoms with E-state index in [0.717, 1.165) is 24.5 Å². The van der Waals surface area contributed by atoms with Gasteiger partial charge < -0.3 is 4.90 Å². The molecule has 1 aromatic rings. The van der Waals surface area contributed by atoms with E-state index in [4.69, 9.17) is 11.6 Å². The minimum absolute atomic E-state index is 0.0696. The molecule has 0 fully saturated rings. The van der Waals surface area contributed by atoms with Gasteiger partial charge in [-0.15, -0.1) is 0 Å². The summed E-state index contributed by atoms with van der Waals surface area (Å²) >= 11 is 5.83. The van der Waals surface area contributed by atoms with Gasteiger partial charge in [0.25, 0.3) is 0 Å². The quantitative estimate of drug-likeness (QED) is 0.788. The Hall–Kier alpha value is -1.02. The van der Waals surface area contributed by atoms with E-state index in [1.54, 1.807) is 0 Å². The molecule has 2 nitrogen and oxygen atoms in total. The van der Waals surface area contributed by atoms with E-state index < -0.39 is 0 Å². The van der Waals surface area contributed by atoms with E-state index in [1.165, 1.54) is 5.56 Å². The van der Waals surface area contributed by atoms with Crippen molar-refractivity contribution >= 4 is 17.5 Å². The van der Waals surface area contributed by atoms with Gasteiger partial charge in [0, 0.05) is 24.0 Å². The molecule has 17 heavy (non-hydrogen) atoms. The number of nitrogens with zero attached hydrogens (tertiary/aromatic N) is 1. The fourth-order valence-electron chi connectivity index (χ4n) is 1.70. The molecule has 0 saturated heterocycles. The van der Waals surface area contributed by atoms with Crippen LogP contribution in [0.25, 0.3) is 0 Å². The van der Waals surface area contributed by atoms with Crippen molar-refractivity contribution in [2.45, 2.75) is 27.2 Å². The normalized spacial score (nSPS) is 10.6. The molecule has 1 rings (SSSR count). The molecule has 94 valence electrons. The van der Waals surface area contributed by atoms with Crippen LogP contribution in [-0.2, 0) is 11.2 Å². The fraction of sp³-hybridized carbons (Fsp3) is 0.500. The van der Waals surface area contributed by atoms with Gasteiger partial charge in [-0.2, -0.15) is 0 Å². The van der Waals surface area contributed by atoms with Gasteiger partial charge in [0.2, 0.25) is 5.91 Å². The predicted octanol–water partition coefficient (Wildman–Crippen LogP) is 3.39. The first-order chi connectivity index (χ1) is 8.04. The molecule has 0 aliphatic heterocycles. The first kappa shape index (κ1) is 14.0. The van der Waals surface area contributed by atoms with Crippen LogP contribution in [0.4, 0.5) is 0 Å². The first-order valence-corrected chi connectivity index (χ1v) is 6.45. The zero-order chi connectivity index (χ0) is 12.8. The van der Waals surface area contributed by atoms with Gasteiger partial charge in [-0.1, -0.05) is 37.6 Å². The lowest BCUT2D eigenvalue weighted by Crippen LogP contribution is -2.35. The van der Waals surface area contributed by atoms with Crippen LogP contribution in [0.3, 0.4) is 0 Å². The highest BCUT2D eigenvalue weighted by atomic mass is 35.5. The van der Waals surface area contributed by atoms with Gasteiger partial charge in [-0.3, -0.25) is 4.79 Å². The molecule has 1 aromatic carbocycles. The van der Waals surface area contributed by atoms with Crippen molar-refractivity contribution in [3.05, 3.63) is 34.9 Å². The summed E-state index contributed by atoms with van der Waals surface area (Å²) in [5, 5.41) is 0.749. The second kappa shape index (κ2) is 6.65. The SMILES string of the molecule is CCN(CCc1ccc(Cl)cc1)C(=O)C(C)C. The number of halogens is 1. The second-order valence-corrected chi connectivity index (χ2v) is 4.89. The molecule has 0 aliphatic carbocycles. The van der Waals surface area contributed by atoms with Crippen molar-refractivity contribution in [2.24, 2.45) is 5.92 Å². The highest BCUT2D eigenvalue weighted by molar-refractivity contribution is 6.30. The molecular weight excluding hydrogens is 234 g/mol. The van der Waals surface area contributed by atoms with Crippen LogP contribution < -0.4 is 0 Å². The van der Waals surface area contributed by atoms with Gasteiger partial charge in [0.1, 0.15) is 0 Å². The summed E-state index contributed by atoms with van der Waals surface area (Å²) in [5.41, 5.74) is 1.21. The van der Waals surface area contributed by atoms with E-state index in [2.05, 4.69) is 0 Å². The molecule has 1 amide bonds. The van der Waals surface area contributed by atoms with Gasteiger partial charge in [-0.25, -0.2) is 0 Å². The van der Waals surface area contributed by atoms with Gasteiger partial charge in [0.05, 0.1) is 0 Å². The van der Waals surface area contributed by atoms with Crippen molar-refractivity contribution in [1.29, 1.82) is 0 Å². The van der Waals surface area contributed by atoms with Crippen LogP contribution in [0.2, 0.25) is 5.02 Å². The van der Waals surface area contributed by atoms with E-state index in [0.29, 0.717) is 0 Å². The van der Waals surface area contributed by atoms with E-state index in [1.807, 2.05) is 49.9 Å². The standard InChI is InChI=1S/C14H20ClNO/c1-4-16(14(17)11(2)3)10-9-12-5-7-13(15)8-6-12/h5-8,11H,4,9-10H2,1-3H3. The summed E-state index contributed by atoms with van der Waals surface area (Å²) in [5.74, 6) is 0.293. The zero-order valence-corrected chi connectivity index (χ0v) is 11.5. The molecule has 0 saturated carbocycles. The van der Waals surface area contributed by atoms with Crippen molar-refractivity contribution in [3.8, 4) is 0 Å². The Morgan fingerprint density at radius 3 is 2.35 bits per heavy atom. The van der Waals surface area contributed by atoms with Crippen molar-refractivity contribution in [2.75, 3.05) is 13.1 Å². The molecule has 0 unspecified atom stereocenters. The number of amides is 1. The third-order valence-electron chi connectivity index (χ3n) is 2.77. The predicted molar refractivity (Wildman–Crippen MR) is 72.2 cm³/mol. The van der Waals surface area contributed by atoms with Gasteiger partial charge in [-0.05, 0) is 31.0 Å². The average molecular weight is 254 g/mol. The molecule has 0 radical (unpaired) electrons. The molecule has 0 heterocycles. The lowest BCUT2D eigenvalue weighted by atomic mass is 10.1. The highest BCUT2D eigenvalue weighted by Crippen LogP contribution is 2.11. The third kappa shape index (κ3) is 4.39. The van der Waals surface area contributed by atoms with Crippen molar-refractivity contribution in [3.63, 3.8) is 0 Å². The smallest absolute Gasteiger partial charge is 0.225 e. The second-order valence-electron chi connectivity index (χ2n) is 4.45. The number of carbonyl (C=O) groups excluding carboxylic acids is 1. The Balaban J connectivity index is 2.53. The van der Waals surface area contributed by atoms with E-state index >= 15 is 0 Å². The van der Waals surface area contributed by atoms with Crippen molar-refractivity contribution in [1.82, 2.24) is 4.90 Å². The summed E-state index contributed by atoms with van der Waals surface area (Å²) in [6, 6.07) is 7.79. The highest BCUT2D eigenvalue weighted by Gasteiger charge is 2.14. The number of hydrogen-bond donors (Lipinski definition) is 0. The van der Waals surface area contributed by atoms with Crippen molar-refractivity contribution < 1.29 is 4.79 Å². The van der Waals surface area contributed by atoms with E-state index in [9.17, 15) is 4.79 Å². The number of likely N-dealkylation sites (N-methyl/N-ethyl adjacent to an activating group) is 1. The van der Waals surface area contributed by atoms with Crippen LogP contribution in [0, 0.1) is 5.92 Å². The number of benzene rings is 1. The average Bonchev–Trinajstić information content (AvgIpc) is 2.31. The van der Waals surface area contributed by atoms with Gasteiger partial charge in [0.15, 0.2) is 0 Å². The first-order valence-electron chi connectivity index (χ1n) is 6.07. The summed E-state index contributed by atoms with van der Waals surface area (Å²) < 4.78 is 0. The maximum absolute atomic E-state index is 11.9. The maximum atomic E-state index is 11.9. The Labute approximate surface area is 109 Å².